The molecule has 0 bridgehead atoms. The van der Waals surface area contributed by atoms with Gasteiger partial charge in [-0.15, -0.1) is 6.58 Å². The molecule has 0 aliphatic heterocycles. The third kappa shape index (κ3) is 1.66. The molecule has 0 aromatic heterocycles. The van der Waals surface area contributed by atoms with Crippen molar-refractivity contribution in [2.45, 2.75) is 18.8 Å². The van der Waals surface area contributed by atoms with Crippen LogP contribution in [-0.4, -0.2) is 11.7 Å². The van der Waals surface area contributed by atoms with Crippen LogP contribution < -0.4 is 0 Å². The van der Waals surface area contributed by atoms with E-state index in [2.05, 4.69) is 6.58 Å². The number of carbonyl (C=O) groups excluding carboxylic acids is 1. The van der Waals surface area contributed by atoms with E-state index in [1.165, 1.54) is 0 Å². The lowest BCUT2D eigenvalue weighted by atomic mass is 9.94. The van der Waals surface area contributed by atoms with Crippen molar-refractivity contribution in [1.82, 2.24) is 0 Å². The summed E-state index contributed by atoms with van der Waals surface area (Å²) in [6.07, 6.45) is 0.851. The summed E-state index contributed by atoms with van der Waals surface area (Å²) in [6, 6.07) is 6.81. The van der Waals surface area contributed by atoms with Gasteiger partial charge in [-0.3, -0.25) is 4.79 Å². The molecule has 1 aromatic rings. The molecule has 0 saturated carbocycles. The lowest BCUT2D eigenvalue weighted by Crippen LogP contribution is -2.32. The first-order valence-corrected chi connectivity index (χ1v) is 5.17. The van der Waals surface area contributed by atoms with Gasteiger partial charge in [0.1, 0.15) is 0 Å². The first kappa shape index (κ1) is 11.0. The Kier molecular flexibility index (Phi) is 2.62. The second-order valence-electron chi connectivity index (χ2n) is 4.03. The highest BCUT2D eigenvalue weighted by molar-refractivity contribution is 6.02. The smallest absolute Gasteiger partial charge is 0.261 e. The molecule has 2 rings (SSSR count). The average Bonchev–Trinajstić information content (AvgIpc) is 2.58. The summed E-state index contributed by atoms with van der Waals surface area (Å²) in [5.74, 6) is -4.65. The molecule has 0 fully saturated rings. The van der Waals surface area contributed by atoms with Gasteiger partial charge in [-0.05, 0) is 12.0 Å². The van der Waals surface area contributed by atoms with E-state index in [0.717, 1.165) is 11.6 Å². The molecule has 0 radical (unpaired) electrons. The van der Waals surface area contributed by atoms with E-state index in [4.69, 9.17) is 0 Å². The third-order valence-corrected chi connectivity index (χ3v) is 2.95. The third-order valence-electron chi connectivity index (χ3n) is 2.95. The van der Waals surface area contributed by atoms with Crippen LogP contribution in [0.25, 0.3) is 0 Å². The van der Waals surface area contributed by atoms with E-state index in [0.29, 0.717) is 5.56 Å². The molecule has 1 atom stereocenters. The molecule has 84 valence electrons. The number of benzene rings is 1. The molecular weight excluding hydrogens is 210 g/mol. The summed E-state index contributed by atoms with van der Waals surface area (Å²) in [6.45, 7) is 3.30. The van der Waals surface area contributed by atoms with Gasteiger partial charge in [-0.1, -0.05) is 30.3 Å². The quantitative estimate of drug-likeness (QED) is 0.717. The number of allylic oxidation sites excluding steroid dienone is 1. The van der Waals surface area contributed by atoms with E-state index < -0.39 is 24.0 Å². The van der Waals surface area contributed by atoms with Gasteiger partial charge in [0.25, 0.3) is 5.92 Å². The maximum absolute atomic E-state index is 13.7. The number of fused-ring (bicyclic) bond motifs is 1. The van der Waals surface area contributed by atoms with E-state index in [-0.39, 0.29) is 6.42 Å². The fourth-order valence-electron chi connectivity index (χ4n) is 2.11. The summed E-state index contributed by atoms with van der Waals surface area (Å²) >= 11 is 0. The summed E-state index contributed by atoms with van der Waals surface area (Å²) in [7, 11) is 0. The summed E-state index contributed by atoms with van der Waals surface area (Å²) in [5, 5.41) is 0. The lowest BCUT2D eigenvalue weighted by molar-refractivity contribution is -0.0403. The average molecular weight is 222 g/mol. The monoisotopic (exact) mass is 222 g/mol. The second-order valence-corrected chi connectivity index (χ2v) is 4.03. The molecule has 1 aliphatic rings. The van der Waals surface area contributed by atoms with E-state index in [9.17, 15) is 13.6 Å². The van der Waals surface area contributed by atoms with Gasteiger partial charge < -0.3 is 0 Å². The zero-order valence-corrected chi connectivity index (χ0v) is 8.75. The Morgan fingerprint density at radius 1 is 1.44 bits per heavy atom. The largest absolute Gasteiger partial charge is 0.294 e. The summed E-state index contributed by atoms with van der Waals surface area (Å²) in [4.78, 5) is 11.8. The molecular formula is C13H12F2O. The van der Waals surface area contributed by atoms with Crippen molar-refractivity contribution in [3.63, 3.8) is 0 Å². The van der Waals surface area contributed by atoms with Crippen molar-refractivity contribution >= 4 is 5.78 Å². The molecule has 0 amide bonds. The number of alkyl halides is 2. The van der Waals surface area contributed by atoms with Gasteiger partial charge in [0.2, 0.25) is 0 Å². The minimum absolute atomic E-state index is 0.135. The van der Waals surface area contributed by atoms with Crippen LogP contribution in [0, 0.1) is 5.92 Å². The predicted octanol–water partition coefficient (Wildman–Crippen LogP) is 3.25. The van der Waals surface area contributed by atoms with Crippen LogP contribution >= 0.6 is 0 Å². The number of hydrogen-bond donors (Lipinski definition) is 0. The normalized spacial score (nSPS) is 19.6. The van der Waals surface area contributed by atoms with E-state index in [1.54, 1.807) is 24.3 Å². The number of Topliss-reactive ketones (excluding diaryl/α,β-unsaturated/α-hetero) is 1. The van der Waals surface area contributed by atoms with Crippen molar-refractivity contribution in [3.05, 3.63) is 48.0 Å². The Balaban J connectivity index is 2.31. The van der Waals surface area contributed by atoms with Crippen LogP contribution in [-0.2, 0) is 6.42 Å². The highest BCUT2D eigenvalue weighted by atomic mass is 19.3. The van der Waals surface area contributed by atoms with Crippen molar-refractivity contribution < 1.29 is 13.6 Å². The Hall–Kier alpha value is -1.51. The van der Waals surface area contributed by atoms with Crippen molar-refractivity contribution in [2.24, 2.45) is 5.92 Å². The van der Waals surface area contributed by atoms with Gasteiger partial charge >= 0.3 is 0 Å². The Morgan fingerprint density at radius 3 is 2.75 bits per heavy atom. The number of ketones is 1. The van der Waals surface area contributed by atoms with Crippen LogP contribution in [0.4, 0.5) is 8.78 Å². The van der Waals surface area contributed by atoms with Gasteiger partial charge in [-0.25, -0.2) is 8.78 Å². The van der Waals surface area contributed by atoms with Crippen LogP contribution in [0.2, 0.25) is 0 Å². The van der Waals surface area contributed by atoms with Gasteiger partial charge in [-0.2, -0.15) is 0 Å². The first-order chi connectivity index (χ1) is 7.56. The summed E-state index contributed by atoms with van der Waals surface area (Å²) in [5.41, 5.74) is 1.16. The topological polar surface area (TPSA) is 17.1 Å². The highest BCUT2D eigenvalue weighted by Gasteiger charge is 2.47. The maximum Gasteiger partial charge on any atom is 0.261 e. The van der Waals surface area contributed by atoms with Gasteiger partial charge in [0.05, 0.1) is 5.92 Å². The zero-order valence-electron chi connectivity index (χ0n) is 8.75. The Labute approximate surface area is 92.8 Å². The van der Waals surface area contributed by atoms with Crippen molar-refractivity contribution in [2.75, 3.05) is 0 Å². The maximum atomic E-state index is 13.7. The number of halogens is 2. The minimum Gasteiger partial charge on any atom is -0.294 e. The fraction of sp³-hybridized carbons (Fsp3) is 0.308. The molecule has 1 unspecified atom stereocenters. The molecule has 1 aliphatic carbocycles. The zero-order chi connectivity index (χ0) is 11.8. The predicted molar refractivity (Wildman–Crippen MR) is 57.7 cm³/mol. The van der Waals surface area contributed by atoms with Crippen LogP contribution in [0.3, 0.4) is 0 Å². The molecule has 1 nitrogen and oxygen atoms in total. The molecule has 0 saturated heterocycles. The Bertz CT molecular complexity index is 437. The van der Waals surface area contributed by atoms with Gasteiger partial charge in [0, 0.05) is 12.0 Å². The Morgan fingerprint density at radius 2 is 2.12 bits per heavy atom. The molecule has 0 heterocycles. The number of rotatable bonds is 3. The van der Waals surface area contributed by atoms with Gasteiger partial charge in [0.15, 0.2) is 5.78 Å². The van der Waals surface area contributed by atoms with Crippen LogP contribution in [0.5, 0.6) is 0 Å². The van der Waals surface area contributed by atoms with E-state index >= 15 is 0 Å². The first-order valence-electron chi connectivity index (χ1n) is 5.17. The molecule has 16 heavy (non-hydrogen) atoms. The molecule has 0 N–H and O–H groups in total. The van der Waals surface area contributed by atoms with Crippen molar-refractivity contribution in [3.8, 4) is 0 Å². The van der Waals surface area contributed by atoms with Crippen molar-refractivity contribution in [1.29, 1.82) is 0 Å². The second kappa shape index (κ2) is 3.81. The fourth-order valence-corrected chi connectivity index (χ4v) is 2.11. The molecule has 1 aromatic carbocycles. The number of carbonyl (C=O) groups is 1. The van der Waals surface area contributed by atoms with Crippen LogP contribution in [0.1, 0.15) is 22.3 Å². The summed E-state index contributed by atoms with van der Waals surface area (Å²) < 4.78 is 27.3. The molecule has 0 spiro atoms. The van der Waals surface area contributed by atoms with Crippen LogP contribution in [0.15, 0.2) is 36.9 Å². The SMILES string of the molecule is C=CCC(F)(F)C1Cc2ccccc2C1=O. The minimum atomic E-state index is -2.99. The standard InChI is InChI=1S/C13H12F2O/c1-2-7-13(14,15)11-8-9-5-3-4-6-10(9)12(11)16/h2-6,11H,1,7-8H2. The highest BCUT2D eigenvalue weighted by Crippen LogP contribution is 2.39. The lowest BCUT2D eigenvalue weighted by Gasteiger charge is -2.20. The van der Waals surface area contributed by atoms with E-state index in [1.807, 2.05) is 0 Å². The number of hydrogen-bond acceptors (Lipinski definition) is 1. The molecule has 3 heteroatoms.